The van der Waals surface area contributed by atoms with E-state index < -0.39 is 0 Å². The molecule has 0 saturated heterocycles. The van der Waals surface area contributed by atoms with Gasteiger partial charge in [-0.1, -0.05) is 45.9 Å². The number of carbonyl (C=O) groups excluding carboxylic acids is 1. The van der Waals surface area contributed by atoms with Gasteiger partial charge in [-0.25, -0.2) is 4.98 Å². The van der Waals surface area contributed by atoms with Crippen LogP contribution in [0.1, 0.15) is 5.56 Å². The van der Waals surface area contributed by atoms with Gasteiger partial charge in [-0.3, -0.25) is 4.79 Å². The zero-order chi connectivity index (χ0) is 15.2. The fourth-order valence-corrected chi connectivity index (χ4v) is 2.89. The van der Waals surface area contributed by atoms with E-state index in [1.165, 1.54) is 11.8 Å². The number of hydrogen-bond donors (Lipinski definition) is 1. The number of carbonyl (C=O) groups is 1. The van der Waals surface area contributed by atoms with Gasteiger partial charge in [0.1, 0.15) is 0 Å². The predicted octanol–water partition coefficient (Wildman–Crippen LogP) is 3.18. The van der Waals surface area contributed by atoms with Crippen LogP contribution in [0, 0.1) is 0 Å². The van der Waals surface area contributed by atoms with E-state index in [2.05, 4.69) is 20.9 Å². The average molecular weight is 366 g/mol. The molecule has 0 aliphatic heterocycles. The molecule has 0 radical (unpaired) electrons. The molecular formula is C15H16BrN3OS. The Morgan fingerprint density at radius 2 is 2.10 bits per heavy atom. The van der Waals surface area contributed by atoms with Gasteiger partial charge in [0.15, 0.2) is 0 Å². The lowest BCUT2D eigenvalue weighted by Gasteiger charge is -2.17. The van der Waals surface area contributed by atoms with Gasteiger partial charge in [-0.05, 0) is 23.8 Å². The SMILES string of the molecule is CN(Cc1ccccc1Br)C(=O)CSc1ccc(N)cn1. The lowest BCUT2D eigenvalue weighted by Crippen LogP contribution is -2.27. The molecule has 110 valence electrons. The van der Waals surface area contributed by atoms with Crippen molar-refractivity contribution in [3.8, 4) is 0 Å². The van der Waals surface area contributed by atoms with E-state index in [1.54, 1.807) is 24.2 Å². The minimum absolute atomic E-state index is 0.0642. The number of thioether (sulfide) groups is 1. The summed E-state index contributed by atoms with van der Waals surface area (Å²) in [5, 5.41) is 0.798. The molecule has 1 aromatic heterocycles. The topological polar surface area (TPSA) is 59.2 Å². The molecule has 2 rings (SSSR count). The van der Waals surface area contributed by atoms with Crippen LogP contribution in [0.15, 0.2) is 52.1 Å². The Morgan fingerprint density at radius 3 is 2.76 bits per heavy atom. The molecule has 0 spiro atoms. The van der Waals surface area contributed by atoms with Crippen LogP contribution in [-0.2, 0) is 11.3 Å². The molecule has 6 heteroatoms. The number of benzene rings is 1. The molecule has 2 aromatic rings. The summed E-state index contributed by atoms with van der Waals surface area (Å²) in [6.07, 6.45) is 1.59. The van der Waals surface area contributed by atoms with Crippen LogP contribution in [0.4, 0.5) is 5.69 Å². The second-order valence-corrected chi connectivity index (χ2v) is 6.41. The van der Waals surface area contributed by atoms with Crippen LogP contribution < -0.4 is 5.73 Å². The number of pyridine rings is 1. The highest BCUT2D eigenvalue weighted by atomic mass is 79.9. The molecule has 0 atom stereocenters. The molecule has 0 unspecified atom stereocenters. The monoisotopic (exact) mass is 365 g/mol. The Morgan fingerprint density at radius 1 is 1.33 bits per heavy atom. The summed E-state index contributed by atoms with van der Waals surface area (Å²) in [6, 6.07) is 11.5. The summed E-state index contributed by atoms with van der Waals surface area (Å²) in [5.41, 5.74) is 7.29. The van der Waals surface area contributed by atoms with Crippen molar-refractivity contribution in [1.29, 1.82) is 0 Å². The summed E-state index contributed by atoms with van der Waals surface area (Å²) in [7, 11) is 1.80. The predicted molar refractivity (Wildman–Crippen MR) is 90.0 cm³/mol. The van der Waals surface area contributed by atoms with Gasteiger partial charge in [0.2, 0.25) is 5.91 Å². The van der Waals surface area contributed by atoms with E-state index in [-0.39, 0.29) is 5.91 Å². The number of amides is 1. The van der Waals surface area contributed by atoms with Gasteiger partial charge >= 0.3 is 0 Å². The van der Waals surface area contributed by atoms with Crippen LogP contribution in [0.2, 0.25) is 0 Å². The maximum Gasteiger partial charge on any atom is 0.233 e. The van der Waals surface area contributed by atoms with E-state index in [9.17, 15) is 4.79 Å². The molecule has 0 aliphatic rings. The molecule has 0 bridgehead atoms. The molecule has 0 fully saturated rings. The minimum Gasteiger partial charge on any atom is -0.397 e. The highest BCUT2D eigenvalue weighted by molar-refractivity contribution is 9.10. The van der Waals surface area contributed by atoms with E-state index in [0.717, 1.165) is 15.1 Å². The second-order valence-electron chi connectivity index (χ2n) is 4.56. The Bertz CT molecular complexity index is 619. The lowest BCUT2D eigenvalue weighted by molar-refractivity contribution is -0.127. The zero-order valence-electron chi connectivity index (χ0n) is 11.6. The standard InChI is InChI=1S/C15H16BrN3OS/c1-19(9-11-4-2-3-5-13(11)16)15(20)10-21-14-7-6-12(17)8-18-14/h2-8H,9-10,17H2,1H3. The van der Waals surface area contributed by atoms with Crippen molar-refractivity contribution >= 4 is 39.3 Å². The number of nitrogen functional groups attached to an aromatic ring is 1. The first-order chi connectivity index (χ1) is 10.1. The van der Waals surface area contributed by atoms with Gasteiger partial charge in [-0.15, -0.1) is 0 Å². The highest BCUT2D eigenvalue weighted by Crippen LogP contribution is 2.19. The molecular weight excluding hydrogens is 350 g/mol. The van der Waals surface area contributed by atoms with Crippen molar-refractivity contribution < 1.29 is 4.79 Å². The number of anilines is 1. The van der Waals surface area contributed by atoms with Crippen LogP contribution in [-0.4, -0.2) is 28.6 Å². The molecule has 2 N–H and O–H groups in total. The van der Waals surface area contributed by atoms with Crippen LogP contribution in [0.25, 0.3) is 0 Å². The fourth-order valence-electron chi connectivity index (χ4n) is 1.69. The van der Waals surface area contributed by atoms with E-state index in [0.29, 0.717) is 18.0 Å². The number of nitrogens with zero attached hydrogens (tertiary/aromatic N) is 2. The molecule has 4 nitrogen and oxygen atoms in total. The third-order valence-corrected chi connectivity index (χ3v) is 4.60. The Balaban J connectivity index is 1.88. The van der Waals surface area contributed by atoms with Crippen molar-refractivity contribution in [3.63, 3.8) is 0 Å². The normalized spacial score (nSPS) is 10.4. The third-order valence-electron chi connectivity index (χ3n) is 2.89. The quantitative estimate of drug-likeness (QED) is 0.826. The first-order valence-electron chi connectivity index (χ1n) is 6.38. The molecule has 0 saturated carbocycles. The van der Waals surface area contributed by atoms with Crippen molar-refractivity contribution in [3.05, 3.63) is 52.6 Å². The second kappa shape index (κ2) is 7.47. The highest BCUT2D eigenvalue weighted by Gasteiger charge is 2.11. The van der Waals surface area contributed by atoms with E-state index in [4.69, 9.17) is 5.73 Å². The molecule has 1 amide bonds. The Labute approximate surface area is 136 Å². The summed E-state index contributed by atoms with van der Waals surface area (Å²) < 4.78 is 1.01. The molecule has 1 heterocycles. The van der Waals surface area contributed by atoms with Crippen molar-refractivity contribution in [2.75, 3.05) is 18.5 Å². The number of nitrogens with two attached hydrogens (primary N) is 1. The fraction of sp³-hybridized carbons (Fsp3) is 0.200. The van der Waals surface area contributed by atoms with E-state index >= 15 is 0 Å². The van der Waals surface area contributed by atoms with Crippen LogP contribution in [0.3, 0.4) is 0 Å². The maximum absolute atomic E-state index is 12.1. The Kier molecular flexibility index (Phi) is 5.64. The summed E-state index contributed by atoms with van der Waals surface area (Å²) in [6.45, 7) is 0.579. The largest absolute Gasteiger partial charge is 0.397 e. The van der Waals surface area contributed by atoms with Gasteiger partial charge in [0, 0.05) is 18.1 Å². The Hall–Kier alpha value is -1.53. The number of halogens is 1. The smallest absolute Gasteiger partial charge is 0.233 e. The van der Waals surface area contributed by atoms with Crippen molar-refractivity contribution in [2.45, 2.75) is 11.6 Å². The van der Waals surface area contributed by atoms with Crippen molar-refractivity contribution in [2.24, 2.45) is 0 Å². The summed E-state index contributed by atoms with van der Waals surface area (Å²) >= 11 is 4.90. The van der Waals surface area contributed by atoms with Crippen molar-refractivity contribution in [1.82, 2.24) is 9.88 Å². The van der Waals surface area contributed by atoms with Gasteiger partial charge in [-0.2, -0.15) is 0 Å². The van der Waals surface area contributed by atoms with Gasteiger partial charge < -0.3 is 10.6 Å². The summed E-state index contributed by atoms with van der Waals surface area (Å²) in [5.74, 6) is 0.423. The van der Waals surface area contributed by atoms with Gasteiger partial charge in [0.25, 0.3) is 0 Å². The average Bonchev–Trinajstić information content (AvgIpc) is 2.48. The van der Waals surface area contributed by atoms with E-state index in [1.807, 2.05) is 30.3 Å². The number of rotatable bonds is 5. The van der Waals surface area contributed by atoms with Gasteiger partial charge in [0.05, 0.1) is 22.7 Å². The number of hydrogen-bond acceptors (Lipinski definition) is 4. The zero-order valence-corrected chi connectivity index (χ0v) is 14.0. The minimum atomic E-state index is 0.0642. The third kappa shape index (κ3) is 4.75. The number of aromatic nitrogens is 1. The molecule has 0 aliphatic carbocycles. The van der Waals surface area contributed by atoms with Crippen LogP contribution in [0.5, 0.6) is 0 Å². The first kappa shape index (κ1) is 15.9. The molecule has 1 aromatic carbocycles. The lowest BCUT2D eigenvalue weighted by atomic mass is 10.2. The molecule has 21 heavy (non-hydrogen) atoms. The first-order valence-corrected chi connectivity index (χ1v) is 8.16. The summed E-state index contributed by atoms with van der Waals surface area (Å²) in [4.78, 5) is 18.0. The van der Waals surface area contributed by atoms with Crippen LogP contribution >= 0.6 is 27.7 Å². The maximum atomic E-state index is 12.1.